The van der Waals surface area contributed by atoms with Gasteiger partial charge in [-0.1, -0.05) is 48.5 Å². The van der Waals surface area contributed by atoms with E-state index in [-0.39, 0.29) is 6.04 Å². The quantitative estimate of drug-likeness (QED) is 0.800. The molecule has 1 aliphatic rings. The van der Waals surface area contributed by atoms with Gasteiger partial charge in [-0.15, -0.1) is 0 Å². The SMILES string of the molecule is Cc1cnc(C2NN(Cc3ccccc3)c3ccccc32)nc1C. The zero-order chi connectivity index (χ0) is 16.5. The van der Waals surface area contributed by atoms with E-state index in [1.807, 2.05) is 26.1 Å². The molecule has 0 bridgehead atoms. The van der Waals surface area contributed by atoms with Gasteiger partial charge in [0.1, 0.15) is 6.04 Å². The highest BCUT2D eigenvalue weighted by Crippen LogP contribution is 2.36. The van der Waals surface area contributed by atoms with E-state index < -0.39 is 0 Å². The lowest BCUT2D eigenvalue weighted by atomic mass is 10.1. The molecule has 2 aromatic carbocycles. The van der Waals surface area contributed by atoms with Crippen LogP contribution in [0.2, 0.25) is 0 Å². The van der Waals surface area contributed by atoms with Crippen molar-refractivity contribution in [2.75, 3.05) is 5.01 Å². The normalized spacial score (nSPS) is 16.2. The molecule has 0 fully saturated rings. The highest BCUT2D eigenvalue weighted by Gasteiger charge is 2.30. The smallest absolute Gasteiger partial charge is 0.151 e. The number of nitrogens with zero attached hydrogens (tertiary/aromatic N) is 3. The number of benzene rings is 2. The number of aromatic nitrogens is 2. The number of hydrogen-bond acceptors (Lipinski definition) is 4. The lowest BCUT2D eigenvalue weighted by Crippen LogP contribution is -2.34. The van der Waals surface area contributed by atoms with E-state index in [2.05, 4.69) is 63.9 Å². The van der Waals surface area contributed by atoms with Crippen molar-refractivity contribution in [3.63, 3.8) is 0 Å². The van der Waals surface area contributed by atoms with Gasteiger partial charge in [0.15, 0.2) is 5.82 Å². The van der Waals surface area contributed by atoms with Gasteiger partial charge in [0, 0.05) is 17.5 Å². The Labute approximate surface area is 142 Å². The average molecular weight is 316 g/mol. The summed E-state index contributed by atoms with van der Waals surface area (Å²) in [4.78, 5) is 9.26. The molecule has 120 valence electrons. The van der Waals surface area contributed by atoms with Gasteiger partial charge in [0.2, 0.25) is 0 Å². The molecule has 1 N–H and O–H groups in total. The molecule has 4 nitrogen and oxygen atoms in total. The molecule has 4 heteroatoms. The van der Waals surface area contributed by atoms with Crippen LogP contribution >= 0.6 is 0 Å². The summed E-state index contributed by atoms with van der Waals surface area (Å²) in [5, 5.41) is 2.19. The van der Waals surface area contributed by atoms with Gasteiger partial charge in [-0.2, -0.15) is 0 Å². The summed E-state index contributed by atoms with van der Waals surface area (Å²) in [5.41, 5.74) is 9.39. The van der Waals surface area contributed by atoms with Crippen molar-refractivity contribution in [1.29, 1.82) is 0 Å². The first kappa shape index (κ1) is 14.8. The molecule has 1 aliphatic heterocycles. The number of fused-ring (bicyclic) bond motifs is 1. The Balaban J connectivity index is 1.69. The van der Waals surface area contributed by atoms with Gasteiger partial charge in [0.25, 0.3) is 0 Å². The van der Waals surface area contributed by atoms with Crippen molar-refractivity contribution in [2.24, 2.45) is 0 Å². The summed E-state index contributed by atoms with van der Waals surface area (Å²) < 4.78 is 0. The summed E-state index contributed by atoms with van der Waals surface area (Å²) >= 11 is 0. The van der Waals surface area contributed by atoms with Crippen molar-refractivity contribution in [3.05, 3.63) is 89.0 Å². The molecule has 3 aromatic rings. The molecule has 0 aliphatic carbocycles. The minimum atomic E-state index is -0.00999. The summed E-state index contributed by atoms with van der Waals surface area (Å²) in [7, 11) is 0. The molecule has 1 unspecified atom stereocenters. The summed E-state index contributed by atoms with van der Waals surface area (Å²) in [6.45, 7) is 4.87. The van der Waals surface area contributed by atoms with Crippen LogP contribution < -0.4 is 10.4 Å². The number of rotatable bonds is 3. The summed E-state index contributed by atoms with van der Waals surface area (Å²) in [5.74, 6) is 0.820. The topological polar surface area (TPSA) is 41.1 Å². The highest BCUT2D eigenvalue weighted by atomic mass is 15.5. The molecule has 0 spiro atoms. The third kappa shape index (κ3) is 2.65. The van der Waals surface area contributed by atoms with Crippen LogP contribution in [0.4, 0.5) is 5.69 Å². The standard InChI is InChI=1S/C20H20N4/c1-14-12-21-20(22-15(14)2)19-17-10-6-7-11-18(17)24(23-19)13-16-8-4-3-5-9-16/h3-12,19,23H,13H2,1-2H3. The third-order valence-electron chi connectivity index (χ3n) is 4.51. The molecule has 4 rings (SSSR count). The molecule has 0 saturated heterocycles. The first-order valence-electron chi connectivity index (χ1n) is 8.19. The van der Waals surface area contributed by atoms with Crippen LogP contribution in [0, 0.1) is 13.8 Å². The zero-order valence-electron chi connectivity index (χ0n) is 13.9. The van der Waals surface area contributed by atoms with E-state index in [9.17, 15) is 0 Å². The monoisotopic (exact) mass is 316 g/mol. The van der Waals surface area contributed by atoms with Crippen molar-refractivity contribution < 1.29 is 0 Å². The molecule has 1 atom stereocenters. The molecule has 0 radical (unpaired) electrons. The predicted molar refractivity (Wildman–Crippen MR) is 95.6 cm³/mol. The maximum absolute atomic E-state index is 4.69. The maximum Gasteiger partial charge on any atom is 0.151 e. The van der Waals surface area contributed by atoms with Crippen LogP contribution in [0.15, 0.2) is 60.8 Å². The van der Waals surface area contributed by atoms with Gasteiger partial charge in [-0.3, -0.25) is 0 Å². The van der Waals surface area contributed by atoms with E-state index in [0.29, 0.717) is 0 Å². The van der Waals surface area contributed by atoms with Crippen LogP contribution in [0.5, 0.6) is 0 Å². The second kappa shape index (κ2) is 6.06. The lowest BCUT2D eigenvalue weighted by molar-refractivity contribution is 0.577. The van der Waals surface area contributed by atoms with Crippen LogP contribution in [0.1, 0.15) is 34.3 Å². The van der Waals surface area contributed by atoms with E-state index in [0.717, 1.165) is 23.6 Å². The Kier molecular flexibility index (Phi) is 3.75. The van der Waals surface area contributed by atoms with Gasteiger partial charge in [-0.05, 0) is 31.0 Å². The number of para-hydroxylation sites is 1. The molecule has 0 amide bonds. The van der Waals surface area contributed by atoms with Crippen molar-refractivity contribution in [2.45, 2.75) is 26.4 Å². The Morgan fingerprint density at radius 1 is 1.00 bits per heavy atom. The van der Waals surface area contributed by atoms with Crippen LogP contribution in [0.3, 0.4) is 0 Å². The molecule has 0 saturated carbocycles. The number of nitrogens with one attached hydrogen (secondary N) is 1. The third-order valence-corrected chi connectivity index (χ3v) is 4.51. The van der Waals surface area contributed by atoms with Crippen LogP contribution in [-0.2, 0) is 6.54 Å². The highest BCUT2D eigenvalue weighted by molar-refractivity contribution is 5.60. The summed E-state index contributed by atoms with van der Waals surface area (Å²) in [6.07, 6.45) is 1.90. The van der Waals surface area contributed by atoms with Crippen LogP contribution in [0.25, 0.3) is 0 Å². The second-order valence-corrected chi connectivity index (χ2v) is 6.19. The van der Waals surface area contributed by atoms with Gasteiger partial charge in [0.05, 0.1) is 12.2 Å². The fraction of sp³-hybridized carbons (Fsp3) is 0.200. The summed E-state index contributed by atoms with van der Waals surface area (Å²) in [6, 6.07) is 18.9. The number of hydrogen-bond donors (Lipinski definition) is 1. The average Bonchev–Trinajstić information content (AvgIpc) is 2.97. The first-order chi connectivity index (χ1) is 11.7. The van der Waals surface area contributed by atoms with Gasteiger partial charge >= 0.3 is 0 Å². The van der Waals surface area contributed by atoms with E-state index in [4.69, 9.17) is 4.98 Å². The fourth-order valence-electron chi connectivity index (χ4n) is 3.05. The largest absolute Gasteiger partial charge is 0.303 e. The van der Waals surface area contributed by atoms with E-state index in [1.165, 1.54) is 16.8 Å². The van der Waals surface area contributed by atoms with E-state index >= 15 is 0 Å². The Morgan fingerprint density at radius 3 is 2.54 bits per heavy atom. The van der Waals surface area contributed by atoms with Crippen molar-refractivity contribution in [3.8, 4) is 0 Å². The number of anilines is 1. The minimum absolute atomic E-state index is 0.00999. The molecular formula is C20H20N4. The predicted octanol–water partition coefficient (Wildman–Crippen LogP) is 3.71. The Hall–Kier alpha value is -2.72. The lowest BCUT2D eigenvalue weighted by Gasteiger charge is -2.21. The molecule has 24 heavy (non-hydrogen) atoms. The second-order valence-electron chi connectivity index (χ2n) is 6.19. The Morgan fingerprint density at radius 2 is 1.75 bits per heavy atom. The number of aryl methyl sites for hydroxylation is 2. The molecular weight excluding hydrogens is 296 g/mol. The van der Waals surface area contributed by atoms with Gasteiger partial charge < -0.3 is 5.01 Å². The first-order valence-corrected chi connectivity index (χ1v) is 8.19. The maximum atomic E-state index is 4.69. The van der Waals surface area contributed by atoms with Crippen molar-refractivity contribution >= 4 is 5.69 Å². The molecule has 1 aromatic heterocycles. The fourth-order valence-corrected chi connectivity index (χ4v) is 3.05. The van der Waals surface area contributed by atoms with Crippen molar-refractivity contribution in [1.82, 2.24) is 15.4 Å². The minimum Gasteiger partial charge on any atom is -0.303 e. The van der Waals surface area contributed by atoms with Gasteiger partial charge in [-0.25, -0.2) is 15.4 Å². The van der Waals surface area contributed by atoms with E-state index in [1.54, 1.807) is 0 Å². The van der Waals surface area contributed by atoms with Crippen LogP contribution in [-0.4, -0.2) is 9.97 Å². The number of hydrazine groups is 1. The molecule has 2 heterocycles. The Bertz CT molecular complexity index is 861. The zero-order valence-corrected chi connectivity index (χ0v) is 13.9.